The molecule has 1 saturated heterocycles. The first-order valence-electron chi connectivity index (χ1n) is 8.71. The summed E-state index contributed by atoms with van der Waals surface area (Å²) in [5.74, 6) is 0.686. The van der Waals surface area contributed by atoms with Crippen molar-refractivity contribution in [2.24, 2.45) is 0 Å². The molecule has 1 aromatic carbocycles. The Hall–Kier alpha value is -2.58. The van der Waals surface area contributed by atoms with Crippen molar-refractivity contribution in [1.29, 1.82) is 0 Å². The molecule has 140 valence electrons. The summed E-state index contributed by atoms with van der Waals surface area (Å²) in [5, 5.41) is 3.54. The molecule has 1 N–H and O–H groups in total. The highest BCUT2D eigenvalue weighted by atomic mass is 32.1. The highest BCUT2D eigenvalue weighted by Gasteiger charge is 2.24. The molecule has 0 unspecified atom stereocenters. The van der Waals surface area contributed by atoms with Crippen LogP contribution in [0, 0.1) is 19.7 Å². The number of halogens is 1. The smallest absolute Gasteiger partial charge is 0.266 e. The second-order valence-corrected chi connectivity index (χ2v) is 7.36. The zero-order valence-electron chi connectivity index (χ0n) is 15.1. The molecular formula is C19H19FN4O2S. The van der Waals surface area contributed by atoms with Gasteiger partial charge in [0.1, 0.15) is 22.3 Å². The molecular weight excluding hydrogens is 367 g/mol. The number of nitrogens with one attached hydrogen (secondary N) is 1. The van der Waals surface area contributed by atoms with Gasteiger partial charge in [-0.3, -0.25) is 4.79 Å². The minimum absolute atomic E-state index is 0.162. The standard InChI is InChI=1S/C19H19FN4O2S/c1-11-15-17(24-7-9-26-10-8-24)21-12(2)22-19(15)27-16(11)18(25)23-14-6-4-3-5-13(14)20/h3-6H,7-10H2,1-2H3,(H,23,25). The second-order valence-electron chi connectivity index (χ2n) is 6.36. The Kier molecular flexibility index (Phi) is 4.75. The van der Waals surface area contributed by atoms with Gasteiger partial charge in [0.05, 0.1) is 29.2 Å². The molecule has 27 heavy (non-hydrogen) atoms. The zero-order chi connectivity index (χ0) is 19.0. The number of nitrogens with zero attached hydrogens (tertiary/aromatic N) is 3. The summed E-state index contributed by atoms with van der Waals surface area (Å²) >= 11 is 1.31. The van der Waals surface area contributed by atoms with E-state index in [-0.39, 0.29) is 11.6 Å². The molecule has 0 atom stereocenters. The van der Waals surface area contributed by atoms with Crippen molar-refractivity contribution in [3.63, 3.8) is 0 Å². The first-order valence-corrected chi connectivity index (χ1v) is 9.52. The van der Waals surface area contributed by atoms with Gasteiger partial charge in [-0.15, -0.1) is 11.3 Å². The number of amides is 1. The van der Waals surface area contributed by atoms with Gasteiger partial charge in [-0.05, 0) is 31.5 Å². The van der Waals surface area contributed by atoms with Gasteiger partial charge in [0, 0.05) is 13.1 Å². The van der Waals surface area contributed by atoms with Crippen LogP contribution in [0.15, 0.2) is 24.3 Å². The van der Waals surface area contributed by atoms with Crippen LogP contribution >= 0.6 is 11.3 Å². The Morgan fingerprint density at radius 1 is 1.22 bits per heavy atom. The maximum absolute atomic E-state index is 13.9. The number of carbonyl (C=O) groups is 1. The summed E-state index contributed by atoms with van der Waals surface area (Å²) in [7, 11) is 0. The molecule has 6 nitrogen and oxygen atoms in total. The predicted molar refractivity (Wildman–Crippen MR) is 104 cm³/mol. The third-order valence-electron chi connectivity index (χ3n) is 4.52. The van der Waals surface area contributed by atoms with Crippen LogP contribution in [0.1, 0.15) is 21.1 Å². The molecule has 0 bridgehead atoms. The van der Waals surface area contributed by atoms with Crippen LogP contribution < -0.4 is 10.2 Å². The Balaban J connectivity index is 1.75. The molecule has 1 amide bonds. The summed E-state index contributed by atoms with van der Waals surface area (Å²) in [6.07, 6.45) is 0. The van der Waals surface area contributed by atoms with Gasteiger partial charge in [0.2, 0.25) is 0 Å². The lowest BCUT2D eigenvalue weighted by molar-refractivity contribution is 0.102. The third-order valence-corrected chi connectivity index (χ3v) is 5.71. The van der Waals surface area contributed by atoms with Gasteiger partial charge in [0.25, 0.3) is 5.91 Å². The first kappa shape index (κ1) is 17.8. The average Bonchev–Trinajstić information content (AvgIpc) is 3.00. The van der Waals surface area contributed by atoms with Crippen molar-refractivity contribution in [1.82, 2.24) is 9.97 Å². The maximum atomic E-state index is 13.9. The minimum atomic E-state index is -0.464. The van der Waals surface area contributed by atoms with Crippen molar-refractivity contribution in [2.75, 3.05) is 36.5 Å². The van der Waals surface area contributed by atoms with E-state index in [1.54, 1.807) is 18.2 Å². The number of hydrogen-bond acceptors (Lipinski definition) is 6. The summed E-state index contributed by atoms with van der Waals surface area (Å²) in [5.41, 5.74) is 0.973. The van der Waals surface area contributed by atoms with Crippen molar-refractivity contribution >= 4 is 39.0 Å². The van der Waals surface area contributed by atoms with Crippen LogP contribution in [0.4, 0.5) is 15.9 Å². The summed E-state index contributed by atoms with van der Waals surface area (Å²) < 4.78 is 19.3. The van der Waals surface area contributed by atoms with E-state index in [0.717, 1.165) is 34.7 Å². The monoisotopic (exact) mass is 386 g/mol. The number of hydrogen-bond donors (Lipinski definition) is 1. The van der Waals surface area contributed by atoms with Crippen molar-refractivity contribution in [2.45, 2.75) is 13.8 Å². The van der Waals surface area contributed by atoms with Crippen molar-refractivity contribution in [3.8, 4) is 0 Å². The van der Waals surface area contributed by atoms with Crippen LogP contribution in [0.5, 0.6) is 0 Å². The largest absolute Gasteiger partial charge is 0.378 e. The summed E-state index contributed by atoms with van der Waals surface area (Å²) in [6.45, 7) is 6.52. The van der Waals surface area contributed by atoms with Crippen LogP contribution in [0.3, 0.4) is 0 Å². The number of fused-ring (bicyclic) bond motifs is 1. The molecule has 0 aliphatic carbocycles. The van der Waals surface area contributed by atoms with Gasteiger partial charge in [-0.2, -0.15) is 0 Å². The Morgan fingerprint density at radius 3 is 2.70 bits per heavy atom. The average molecular weight is 386 g/mol. The fourth-order valence-corrected chi connectivity index (χ4v) is 4.30. The van der Waals surface area contributed by atoms with Crippen LogP contribution in [-0.4, -0.2) is 42.2 Å². The number of rotatable bonds is 3. The molecule has 0 saturated carbocycles. The number of thiophene rings is 1. The number of benzene rings is 1. The lowest BCUT2D eigenvalue weighted by Crippen LogP contribution is -2.37. The maximum Gasteiger partial charge on any atom is 0.266 e. The Labute approximate surface area is 160 Å². The zero-order valence-corrected chi connectivity index (χ0v) is 15.9. The third kappa shape index (κ3) is 3.38. The molecule has 1 aliphatic rings. The van der Waals surface area contributed by atoms with Gasteiger partial charge >= 0.3 is 0 Å². The van der Waals surface area contributed by atoms with E-state index in [1.165, 1.54) is 17.4 Å². The summed E-state index contributed by atoms with van der Waals surface area (Å²) in [4.78, 5) is 25.4. The quantitative estimate of drug-likeness (QED) is 0.746. The number of aryl methyl sites for hydroxylation is 2. The van der Waals surface area contributed by atoms with Crippen LogP contribution in [-0.2, 0) is 4.74 Å². The predicted octanol–water partition coefficient (Wildman–Crippen LogP) is 3.54. The van der Waals surface area contributed by atoms with E-state index in [2.05, 4.69) is 20.2 Å². The SMILES string of the molecule is Cc1nc(N2CCOCC2)c2c(C)c(C(=O)Nc3ccccc3F)sc2n1. The normalized spacial score (nSPS) is 14.6. The number of para-hydroxylation sites is 1. The van der Waals surface area contributed by atoms with E-state index in [4.69, 9.17) is 4.74 Å². The van der Waals surface area contributed by atoms with E-state index >= 15 is 0 Å². The fourth-order valence-electron chi connectivity index (χ4n) is 3.18. The molecule has 3 aromatic rings. The topological polar surface area (TPSA) is 67.4 Å². The van der Waals surface area contributed by atoms with Crippen molar-refractivity contribution in [3.05, 3.63) is 46.3 Å². The molecule has 0 spiro atoms. The van der Waals surface area contributed by atoms with E-state index < -0.39 is 5.82 Å². The van der Waals surface area contributed by atoms with E-state index in [1.807, 2.05) is 13.8 Å². The number of aromatic nitrogens is 2. The molecule has 1 fully saturated rings. The highest BCUT2D eigenvalue weighted by Crippen LogP contribution is 2.36. The van der Waals surface area contributed by atoms with Crippen LogP contribution in [0.25, 0.3) is 10.2 Å². The van der Waals surface area contributed by atoms with Gasteiger partial charge in [0.15, 0.2) is 0 Å². The highest BCUT2D eigenvalue weighted by molar-refractivity contribution is 7.20. The number of anilines is 2. The number of carbonyl (C=O) groups excluding carboxylic acids is 1. The minimum Gasteiger partial charge on any atom is -0.378 e. The molecule has 1 aliphatic heterocycles. The first-order chi connectivity index (χ1) is 13.0. The van der Waals surface area contributed by atoms with E-state index in [9.17, 15) is 9.18 Å². The second kappa shape index (κ2) is 7.21. The lowest BCUT2D eigenvalue weighted by atomic mass is 10.1. The van der Waals surface area contributed by atoms with Crippen molar-refractivity contribution < 1.29 is 13.9 Å². The summed E-state index contributed by atoms with van der Waals surface area (Å²) in [6, 6.07) is 6.13. The molecule has 0 radical (unpaired) electrons. The Bertz CT molecular complexity index is 1010. The Morgan fingerprint density at radius 2 is 1.96 bits per heavy atom. The molecule has 2 aromatic heterocycles. The number of ether oxygens (including phenoxy) is 1. The lowest BCUT2D eigenvalue weighted by Gasteiger charge is -2.28. The molecule has 8 heteroatoms. The van der Waals surface area contributed by atoms with Gasteiger partial charge < -0.3 is 15.0 Å². The fraction of sp³-hybridized carbons (Fsp3) is 0.316. The molecule has 3 heterocycles. The van der Waals surface area contributed by atoms with Crippen LogP contribution in [0.2, 0.25) is 0 Å². The van der Waals surface area contributed by atoms with Gasteiger partial charge in [-0.1, -0.05) is 12.1 Å². The van der Waals surface area contributed by atoms with E-state index in [0.29, 0.717) is 23.9 Å². The molecule has 4 rings (SSSR count). The number of morpholine rings is 1. The van der Waals surface area contributed by atoms with Gasteiger partial charge in [-0.25, -0.2) is 14.4 Å².